The van der Waals surface area contributed by atoms with Gasteiger partial charge in [-0.05, 0) is 66.2 Å². The van der Waals surface area contributed by atoms with Gasteiger partial charge in [0.25, 0.3) is 0 Å². The van der Waals surface area contributed by atoms with Crippen LogP contribution in [0.25, 0.3) is 0 Å². The maximum absolute atomic E-state index is 10.5. The van der Waals surface area contributed by atoms with E-state index in [-0.39, 0.29) is 23.2 Å². The van der Waals surface area contributed by atoms with E-state index in [4.69, 9.17) is 9.47 Å². The van der Waals surface area contributed by atoms with Crippen molar-refractivity contribution in [2.24, 2.45) is 5.92 Å². The van der Waals surface area contributed by atoms with Gasteiger partial charge in [0, 0.05) is 12.5 Å². The molecular weight excluding hydrogens is 240 g/mol. The molecule has 3 unspecified atom stereocenters. The first-order valence-electron chi connectivity index (χ1n) is 7.80. The number of hydrogen-bond donors (Lipinski definition) is 1. The summed E-state index contributed by atoms with van der Waals surface area (Å²) in [7, 11) is 0. The third-order valence-electron chi connectivity index (χ3n) is 4.67. The molecule has 0 spiro atoms. The molecule has 2 heterocycles. The van der Waals surface area contributed by atoms with E-state index in [1.54, 1.807) is 0 Å². The van der Waals surface area contributed by atoms with Crippen LogP contribution in [-0.4, -0.2) is 35.1 Å². The van der Waals surface area contributed by atoms with Gasteiger partial charge in [0.15, 0.2) is 0 Å². The van der Waals surface area contributed by atoms with Crippen molar-refractivity contribution in [2.45, 2.75) is 89.6 Å². The Balaban J connectivity index is 1.83. The van der Waals surface area contributed by atoms with Crippen LogP contribution < -0.4 is 0 Å². The molecule has 0 aromatic carbocycles. The van der Waals surface area contributed by atoms with Crippen LogP contribution in [-0.2, 0) is 9.47 Å². The van der Waals surface area contributed by atoms with E-state index in [9.17, 15) is 5.11 Å². The summed E-state index contributed by atoms with van der Waals surface area (Å²) in [6.45, 7) is 9.34. The van der Waals surface area contributed by atoms with Gasteiger partial charge in [0.05, 0.1) is 23.4 Å². The zero-order chi connectivity index (χ0) is 14.1. The first kappa shape index (κ1) is 15.3. The fourth-order valence-corrected chi connectivity index (χ4v) is 3.80. The summed E-state index contributed by atoms with van der Waals surface area (Å²) in [5.74, 6) is 0.228. The zero-order valence-electron chi connectivity index (χ0n) is 12.9. The molecule has 2 aliphatic rings. The monoisotopic (exact) mass is 270 g/mol. The Bertz CT molecular complexity index is 292. The molecule has 0 bridgehead atoms. The van der Waals surface area contributed by atoms with Gasteiger partial charge < -0.3 is 14.6 Å². The van der Waals surface area contributed by atoms with Crippen LogP contribution in [0.15, 0.2) is 0 Å². The molecule has 0 amide bonds. The third-order valence-corrected chi connectivity index (χ3v) is 4.67. The standard InChI is InChI=1S/C16H30O3/c1-15(2)11-13(16(3,4)19-15)14(17)9-8-12-7-5-6-10-18-12/h12-14,17H,5-11H2,1-4H3. The summed E-state index contributed by atoms with van der Waals surface area (Å²) < 4.78 is 11.8. The lowest BCUT2D eigenvalue weighted by Crippen LogP contribution is -2.36. The Morgan fingerprint density at radius 1 is 1.21 bits per heavy atom. The van der Waals surface area contributed by atoms with E-state index in [0.29, 0.717) is 6.10 Å². The second kappa shape index (κ2) is 5.71. The van der Waals surface area contributed by atoms with E-state index in [0.717, 1.165) is 32.3 Å². The summed E-state index contributed by atoms with van der Waals surface area (Å²) in [5.41, 5.74) is -0.340. The first-order chi connectivity index (χ1) is 8.80. The molecule has 2 saturated heterocycles. The highest BCUT2D eigenvalue weighted by Gasteiger charge is 2.48. The van der Waals surface area contributed by atoms with Crippen molar-refractivity contribution < 1.29 is 14.6 Å². The number of aliphatic hydroxyl groups excluding tert-OH is 1. The molecule has 3 heteroatoms. The third kappa shape index (κ3) is 3.93. The van der Waals surface area contributed by atoms with Gasteiger partial charge >= 0.3 is 0 Å². The molecule has 2 aliphatic heterocycles. The maximum atomic E-state index is 10.5. The van der Waals surface area contributed by atoms with Gasteiger partial charge in [-0.1, -0.05) is 0 Å². The minimum absolute atomic E-state index is 0.115. The summed E-state index contributed by atoms with van der Waals surface area (Å²) in [5, 5.41) is 10.5. The molecule has 3 nitrogen and oxygen atoms in total. The Labute approximate surface area is 117 Å². The minimum atomic E-state index is -0.276. The quantitative estimate of drug-likeness (QED) is 0.852. The maximum Gasteiger partial charge on any atom is 0.0687 e. The van der Waals surface area contributed by atoms with E-state index in [2.05, 4.69) is 27.7 Å². The SMILES string of the molecule is CC1(C)CC(C(O)CCC2CCCCO2)C(C)(C)O1. The molecule has 0 saturated carbocycles. The van der Waals surface area contributed by atoms with Gasteiger partial charge in [-0.25, -0.2) is 0 Å². The Hall–Kier alpha value is -0.120. The van der Waals surface area contributed by atoms with Gasteiger partial charge in [-0.3, -0.25) is 0 Å². The van der Waals surface area contributed by atoms with Gasteiger partial charge in [-0.15, -0.1) is 0 Å². The second-order valence-corrected chi connectivity index (χ2v) is 7.41. The average Bonchev–Trinajstić information content (AvgIpc) is 2.56. The molecule has 2 rings (SSSR count). The van der Waals surface area contributed by atoms with E-state index >= 15 is 0 Å². The van der Waals surface area contributed by atoms with E-state index < -0.39 is 0 Å². The topological polar surface area (TPSA) is 38.7 Å². The molecule has 0 radical (unpaired) electrons. The Kier molecular flexibility index (Phi) is 4.59. The molecule has 3 atom stereocenters. The van der Waals surface area contributed by atoms with Crippen LogP contribution >= 0.6 is 0 Å². The van der Waals surface area contributed by atoms with Gasteiger partial charge in [-0.2, -0.15) is 0 Å². The predicted octanol–water partition coefficient (Wildman–Crippen LogP) is 3.29. The lowest BCUT2D eigenvalue weighted by molar-refractivity contribution is -0.0898. The zero-order valence-corrected chi connectivity index (χ0v) is 12.9. The van der Waals surface area contributed by atoms with Crippen LogP contribution in [0.2, 0.25) is 0 Å². The number of ether oxygens (including phenoxy) is 2. The summed E-state index contributed by atoms with van der Waals surface area (Å²) in [4.78, 5) is 0. The molecule has 0 aliphatic carbocycles. The number of hydrogen-bond acceptors (Lipinski definition) is 3. The number of aliphatic hydroxyl groups is 1. The van der Waals surface area contributed by atoms with Crippen molar-refractivity contribution in [2.75, 3.05) is 6.61 Å². The van der Waals surface area contributed by atoms with Crippen molar-refractivity contribution in [3.05, 3.63) is 0 Å². The van der Waals surface area contributed by atoms with Gasteiger partial charge in [0.2, 0.25) is 0 Å². The van der Waals surface area contributed by atoms with Crippen molar-refractivity contribution in [3.63, 3.8) is 0 Å². The van der Waals surface area contributed by atoms with Crippen LogP contribution in [0.1, 0.15) is 66.2 Å². The number of rotatable bonds is 4. The molecule has 19 heavy (non-hydrogen) atoms. The van der Waals surface area contributed by atoms with Crippen molar-refractivity contribution in [1.29, 1.82) is 0 Å². The van der Waals surface area contributed by atoms with Crippen LogP contribution in [0.4, 0.5) is 0 Å². The molecule has 0 aromatic heterocycles. The molecule has 1 N–H and O–H groups in total. The fourth-order valence-electron chi connectivity index (χ4n) is 3.80. The smallest absolute Gasteiger partial charge is 0.0687 e. The van der Waals surface area contributed by atoms with E-state index in [1.807, 2.05) is 0 Å². The van der Waals surface area contributed by atoms with E-state index in [1.165, 1.54) is 12.8 Å². The Morgan fingerprint density at radius 2 is 1.95 bits per heavy atom. The largest absolute Gasteiger partial charge is 0.393 e. The van der Waals surface area contributed by atoms with Crippen LogP contribution in [0, 0.1) is 5.92 Å². The van der Waals surface area contributed by atoms with Crippen molar-refractivity contribution in [1.82, 2.24) is 0 Å². The summed E-state index contributed by atoms with van der Waals surface area (Å²) >= 11 is 0. The molecule has 112 valence electrons. The molecular formula is C16H30O3. The molecule has 0 aromatic rings. The first-order valence-corrected chi connectivity index (χ1v) is 7.80. The van der Waals surface area contributed by atoms with Crippen molar-refractivity contribution in [3.8, 4) is 0 Å². The fraction of sp³-hybridized carbons (Fsp3) is 1.00. The highest BCUT2D eigenvalue weighted by atomic mass is 16.5. The normalized spacial score (nSPS) is 35.2. The van der Waals surface area contributed by atoms with Crippen LogP contribution in [0.3, 0.4) is 0 Å². The lowest BCUT2D eigenvalue weighted by atomic mass is 9.81. The van der Waals surface area contributed by atoms with Crippen LogP contribution in [0.5, 0.6) is 0 Å². The Morgan fingerprint density at radius 3 is 2.47 bits per heavy atom. The van der Waals surface area contributed by atoms with Gasteiger partial charge in [0.1, 0.15) is 0 Å². The minimum Gasteiger partial charge on any atom is -0.393 e. The predicted molar refractivity (Wildman–Crippen MR) is 76.2 cm³/mol. The molecule has 2 fully saturated rings. The summed E-state index contributed by atoms with van der Waals surface area (Å²) in [6.07, 6.45) is 6.45. The highest BCUT2D eigenvalue weighted by molar-refractivity contribution is 4.97. The van der Waals surface area contributed by atoms with Crippen molar-refractivity contribution >= 4 is 0 Å². The highest BCUT2D eigenvalue weighted by Crippen LogP contribution is 2.44. The average molecular weight is 270 g/mol. The summed E-state index contributed by atoms with van der Waals surface area (Å²) in [6, 6.07) is 0. The second-order valence-electron chi connectivity index (χ2n) is 7.41. The lowest BCUT2D eigenvalue weighted by Gasteiger charge is -2.31.